The van der Waals surface area contributed by atoms with E-state index >= 15 is 0 Å². The molecule has 1 aromatic heterocycles. The van der Waals surface area contributed by atoms with Crippen LogP contribution in [-0.4, -0.2) is 101 Å². The first-order valence-corrected chi connectivity index (χ1v) is 16.7. The molecule has 5 rings (SSSR count). The molecular formula is C34H40N6O6S. The van der Waals surface area contributed by atoms with Crippen molar-refractivity contribution in [1.82, 2.24) is 19.8 Å². The Morgan fingerprint density at radius 1 is 1.00 bits per heavy atom. The molecule has 2 unspecified atom stereocenters. The minimum Gasteiger partial charge on any atom is -0.493 e. The second-order valence-corrected chi connectivity index (χ2v) is 12.4. The van der Waals surface area contributed by atoms with Crippen molar-refractivity contribution in [3.05, 3.63) is 60.2 Å². The molecule has 3 amide bonds. The van der Waals surface area contributed by atoms with Gasteiger partial charge in [-0.25, -0.2) is 4.98 Å². The van der Waals surface area contributed by atoms with E-state index < -0.39 is 12.0 Å². The molecule has 3 heterocycles. The standard InChI is InChI=1S/C34H40N6O6S/c1-5-10-29(41)38-15-17-39(18-16-38)34-35-25-20-28(46-4)27(45-3)19-24(25)30(37-34)36-31(42)26-13-9-14-40(26)32(43)22(2)21-47-33(44)23-11-7-6-8-12-23/h5-8,10-12,19-20,22,26H,9,13-18,21H2,1-4H3,(H,35,36,37,42)/b10-5+. The second kappa shape index (κ2) is 15.3. The van der Waals surface area contributed by atoms with Crippen molar-refractivity contribution in [1.29, 1.82) is 0 Å². The quantitative estimate of drug-likeness (QED) is 0.318. The molecule has 2 saturated heterocycles. The Bertz CT molecular complexity index is 1660. The smallest absolute Gasteiger partial charge is 0.248 e. The van der Waals surface area contributed by atoms with Crippen LogP contribution in [0.15, 0.2) is 54.6 Å². The number of thioether (sulfide) groups is 1. The van der Waals surface area contributed by atoms with Crippen LogP contribution in [-0.2, 0) is 14.4 Å². The lowest BCUT2D eigenvalue weighted by atomic mass is 10.1. The molecule has 1 N–H and O–H groups in total. The van der Waals surface area contributed by atoms with Crippen molar-refractivity contribution >= 4 is 57.3 Å². The summed E-state index contributed by atoms with van der Waals surface area (Å²) < 4.78 is 11.0. The normalized spacial score (nSPS) is 17.2. The number of allylic oxidation sites excluding steroid dienone is 1. The predicted octanol–water partition coefficient (Wildman–Crippen LogP) is 4.01. The third-order valence-corrected chi connectivity index (χ3v) is 9.51. The summed E-state index contributed by atoms with van der Waals surface area (Å²) in [5, 5.41) is 3.46. The third kappa shape index (κ3) is 7.67. The maximum atomic E-state index is 13.8. The molecule has 2 aliphatic rings. The first kappa shape index (κ1) is 33.7. The Hall–Kier alpha value is -4.65. The van der Waals surface area contributed by atoms with E-state index in [0.29, 0.717) is 91.0 Å². The minimum absolute atomic E-state index is 0.0391. The molecule has 0 saturated carbocycles. The Morgan fingerprint density at radius 2 is 1.70 bits per heavy atom. The van der Waals surface area contributed by atoms with Crippen LogP contribution in [0.25, 0.3) is 10.9 Å². The summed E-state index contributed by atoms with van der Waals surface area (Å²) in [6.45, 7) is 6.10. The van der Waals surface area contributed by atoms with E-state index in [2.05, 4.69) is 5.32 Å². The summed E-state index contributed by atoms with van der Waals surface area (Å²) in [4.78, 5) is 67.3. The van der Waals surface area contributed by atoms with Crippen LogP contribution in [0.5, 0.6) is 11.5 Å². The zero-order valence-corrected chi connectivity index (χ0v) is 27.9. The molecule has 0 aliphatic carbocycles. The van der Waals surface area contributed by atoms with E-state index in [1.54, 1.807) is 65.3 Å². The highest BCUT2D eigenvalue weighted by atomic mass is 32.2. The maximum Gasteiger partial charge on any atom is 0.248 e. The number of methoxy groups -OCH3 is 2. The average Bonchev–Trinajstić information content (AvgIpc) is 3.60. The van der Waals surface area contributed by atoms with Gasteiger partial charge in [0.15, 0.2) is 11.5 Å². The van der Waals surface area contributed by atoms with E-state index in [-0.39, 0.29) is 22.8 Å². The number of benzene rings is 2. The van der Waals surface area contributed by atoms with E-state index in [1.165, 1.54) is 14.2 Å². The van der Waals surface area contributed by atoms with E-state index in [9.17, 15) is 19.2 Å². The van der Waals surface area contributed by atoms with Gasteiger partial charge in [0.2, 0.25) is 28.8 Å². The number of piperazine rings is 1. The van der Waals surface area contributed by atoms with Crippen LogP contribution in [0.4, 0.5) is 11.8 Å². The molecule has 248 valence electrons. The summed E-state index contributed by atoms with van der Waals surface area (Å²) in [7, 11) is 3.07. The highest BCUT2D eigenvalue weighted by molar-refractivity contribution is 8.14. The zero-order chi connectivity index (χ0) is 33.5. The van der Waals surface area contributed by atoms with Gasteiger partial charge in [0.25, 0.3) is 0 Å². The number of fused-ring (bicyclic) bond motifs is 1. The van der Waals surface area contributed by atoms with Gasteiger partial charge in [-0.05, 0) is 31.9 Å². The zero-order valence-electron chi connectivity index (χ0n) is 27.1. The van der Waals surface area contributed by atoms with Gasteiger partial charge in [-0.3, -0.25) is 19.2 Å². The van der Waals surface area contributed by atoms with Crippen LogP contribution >= 0.6 is 11.8 Å². The number of nitrogens with zero attached hydrogens (tertiary/aromatic N) is 5. The summed E-state index contributed by atoms with van der Waals surface area (Å²) in [6.07, 6.45) is 4.47. The molecule has 2 atom stereocenters. The minimum atomic E-state index is -0.686. The van der Waals surface area contributed by atoms with Gasteiger partial charge in [-0.1, -0.05) is 55.1 Å². The van der Waals surface area contributed by atoms with Crippen LogP contribution in [0.3, 0.4) is 0 Å². The number of carbonyl (C=O) groups excluding carboxylic acids is 4. The number of likely N-dealkylation sites (tertiary alicyclic amines) is 1. The fraction of sp³-hybridized carbons (Fsp3) is 0.412. The van der Waals surface area contributed by atoms with Crippen molar-refractivity contribution in [3.8, 4) is 11.5 Å². The van der Waals surface area contributed by atoms with Crippen molar-refractivity contribution in [2.24, 2.45) is 5.92 Å². The summed E-state index contributed by atoms with van der Waals surface area (Å²) in [5.41, 5.74) is 1.13. The highest BCUT2D eigenvalue weighted by Crippen LogP contribution is 2.35. The van der Waals surface area contributed by atoms with E-state index in [0.717, 1.165) is 11.8 Å². The molecule has 3 aromatic rings. The Balaban J connectivity index is 1.35. The summed E-state index contributed by atoms with van der Waals surface area (Å²) >= 11 is 1.11. The van der Waals surface area contributed by atoms with Crippen LogP contribution in [0.1, 0.15) is 37.0 Å². The maximum absolute atomic E-state index is 13.8. The second-order valence-electron chi connectivity index (χ2n) is 11.5. The summed E-state index contributed by atoms with van der Waals surface area (Å²) in [5.74, 6) is 0.939. The number of carbonyl (C=O) groups is 4. The number of hydrogen-bond donors (Lipinski definition) is 1. The van der Waals surface area contributed by atoms with Crippen molar-refractivity contribution in [2.45, 2.75) is 32.7 Å². The number of amides is 3. The van der Waals surface area contributed by atoms with E-state index in [1.807, 2.05) is 17.9 Å². The van der Waals surface area contributed by atoms with Crippen molar-refractivity contribution in [2.75, 3.05) is 62.9 Å². The van der Waals surface area contributed by atoms with Crippen LogP contribution in [0, 0.1) is 5.92 Å². The number of anilines is 2. The Labute approximate surface area is 278 Å². The molecule has 13 heteroatoms. The van der Waals surface area contributed by atoms with Gasteiger partial charge in [0.05, 0.1) is 19.7 Å². The van der Waals surface area contributed by atoms with Gasteiger partial charge in [-0.2, -0.15) is 4.98 Å². The highest BCUT2D eigenvalue weighted by Gasteiger charge is 2.36. The van der Waals surface area contributed by atoms with Gasteiger partial charge >= 0.3 is 0 Å². The first-order valence-electron chi connectivity index (χ1n) is 15.7. The Morgan fingerprint density at radius 3 is 2.38 bits per heavy atom. The Kier molecular flexibility index (Phi) is 11.0. The van der Waals surface area contributed by atoms with Gasteiger partial charge in [-0.15, -0.1) is 0 Å². The molecular weight excluding hydrogens is 620 g/mol. The van der Waals surface area contributed by atoms with Crippen LogP contribution in [0.2, 0.25) is 0 Å². The largest absolute Gasteiger partial charge is 0.493 e. The molecule has 2 aromatic carbocycles. The predicted molar refractivity (Wildman–Crippen MR) is 182 cm³/mol. The van der Waals surface area contributed by atoms with Gasteiger partial charge in [0, 0.05) is 61.4 Å². The van der Waals surface area contributed by atoms with Gasteiger partial charge < -0.3 is 29.5 Å². The fourth-order valence-electron chi connectivity index (χ4n) is 5.77. The average molecular weight is 661 g/mol. The molecule has 2 aliphatic heterocycles. The molecule has 0 radical (unpaired) electrons. The number of rotatable bonds is 10. The monoisotopic (exact) mass is 660 g/mol. The number of hydrogen-bond acceptors (Lipinski definition) is 10. The first-order chi connectivity index (χ1) is 22.7. The number of aromatic nitrogens is 2. The lowest BCUT2D eigenvalue weighted by Crippen LogP contribution is -2.49. The molecule has 0 bridgehead atoms. The molecule has 12 nitrogen and oxygen atoms in total. The lowest BCUT2D eigenvalue weighted by Gasteiger charge is -2.34. The molecule has 0 spiro atoms. The third-order valence-electron chi connectivity index (χ3n) is 8.35. The van der Waals surface area contributed by atoms with E-state index in [4.69, 9.17) is 19.4 Å². The number of nitrogens with one attached hydrogen (secondary N) is 1. The fourth-order valence-corrected chi connectivity index (χ4v) is 6.62. The van der Waals surface area contributed by atoms with Crippen molar-refractivity contribution in [3.63, 3.8) is 0 Å². The van der Waals surface area contributed by atoms with Crippen LogP contribution < -0.4 is 19.7 Å². The summed E-state index contributed by atoms with van der Waals surface area (Å²) in [6, 6.07) is 11.7. The molecule has 47 heavy (non-hydrogen) atoms. The lowest BCUT2D eigenvalue weighted by molar-refractivity contribution is -0.139. The molecule has 2 fully saturated rings. The number of ether oxygens (including phenoxy) is 2. The van der Waals surface area contributed by atoms with Gasteiger partial charge in [0.1, 0.15) is 11.9 Å². The topological polar surface area (TPSA) is 134 Å². The van der Waals surface area contributed by atoms with Crippen molar-refractivity contribution < 1.29 is 28.7 Å². The SMILES string of the molecule is C/C=C/C(=O)N1CCN(c2nc(NC(=O)C3CCCN3C(=O)C(C)CSC(=O)c3ccccc3)c3cc(OC)c(OC)cc3n2)CC1.